The molecular weight excluding hydrogens is 364 g/mol. The third-order valence-corrected chi connectivity index (χ3v) is 5.92. The van der Waals surface area contributed by atoms with E-state index in [1.807, 2.05) is 12.1 Å². The van der Waals surface area contributed by atoms with E-state index in [0.717, 1.165) is 10.6 Å². The summed E-state index contributed by atoms with van der Waals surface area (Å²) in [5, 5.41) is 0.752. The first-order valence-electron chi connectivity index (χ1n) is 9.44. The topological polar surface area (TPSA) is 8.17 Å². The number of anilines is 1. The molecule has 1 atom stereocenters. The van der Waals surface area contributed by atoms with Crippen molar-refractivity contribution in [3.8, 4) is 5.69 Å². The maximum Gasteiger partial charge on any atom is 0.100 e. The van der Waals surface area contributed by atoms with Crippen LogP contribution in [0.5, 0.6) is 0 Å². The standard InChI is InChI=1S/C25H17ClN2/c26-19-9-5-8-18(15-19)24-16-17-7-1-2-10-20(17)25-23-13-6-14-27(23)21-11-3-4-12-22(21)28(24)25/h1-16,25H. The normalized spacial score (nSPS) is 16.5. The second-order valence-corrected chi connectivity index (χ2v) is 7.67. The zero-order valence-corrected chi connectivity index (χ0v) is 15.8. The van der Waals surface area contributed by atoms with Crippen LogP contribution in [0.15, 0.2) is 91.1 Å². The van der Waals surface area contributed by atoms with E-state index in [0.29, 0.717) is 0 Å². The van der Waals surface area contributed by atoms with Gasteiger partial charge in [-0.05, 0) is 59.2 Å². The summed E-state index contributed by atoms with van der Waals surface area (Å²) < 4.78 is 2.31. The molecule has 0 saturated heterocycles. The van der Waals surface area contributed by atoms with Crippen molar-refractivity contribution in [3.63, 3.8) is 0 Å². The Labute approximate surface area is 168 Å². The van der Waals surface area contributed by atoms with E-state index >= 15 is 0 Å². The SMILES string of the molecule is Clc1cccc(C2=Cc3ccccc3C3c4cccn4-c4ccccc4N23)c1. The summed E-state index contributed by atoms with van der Waals surface area (Å²) >= 11 is 6.35. The zero-order chi connectivity index (χ0) is 18.7. The summed E-state index contributed by atoms with van der Waals surface area (Å²) in [6.07, 6.45) is 4.44. The molecule has 0 spiro atoms. The minimum absolute atomic E-state index is 0.125. The Morgan fingerprint density at radius 1 is 0.750 bits per heavy atom. The molecule has 28 heavy (non-hydrogen) atoms. The minimum Gasteiger partial charge on any atom is -0.326 e. The van der Waals surface area contributed by atoms with Crippen LogP contribution in [0.3, 0.4) is 0 Å². The molecule has 3 heteroatoms. The lowest BCUT2D eigenvalue weighted by molar-refractivity contribution is 0.728. The molecular formula is C25H17ClN2. The fourth-order valence-electron chi connectivity index (χ4n) is 4.52. The smallest absolute Gasteiger partial charge is 0.100 e. The van der Waals surface area contributed by atoms with Crippen LogP contribution in [0.2, 0.25) is 5.02 Å². The molecule has 0 N–H and O–H groups in total. The maximum atomic E-state index is 6.35. The Balaban J connectivity index is 1.70. The van der Waals surface area contributed by atoms with Crippen LogP contribution in [0.25, 0.3) is 17.5 Å². The number of aromatic nitrogens is 1. The summed E-state index contributed by atoms with van der Waals surface area (Å²) in [7, 11) is 0. The highest BCUT2D eigenvalue weighted by molar-refractivity contribution is 6.30. The van der Waals surface area contributed by atoms with E-state index in [9.17, 15) is 0 Å². The molecule has 3 heterocycles. The Morgan fingerprint density at radius 2 is 1.57 bits per heavy atom. The first kappa shape index (κ1) is 15.8. The molecule has 1 unspecified atom stereocenters. The van der Waals surface area contributed by atoms with Crippen LogP contribution in [0, 0.1) is 0 Å². The first-order chi connectivity index (χ1) is 13.8. The Kier molecular flexibility index (Phi) is 3.32. The van der Waals surface area contributed by atoms with Crippen molar-refractivity contribution in [1.29, 1.82) is 0 Å². The summed E-state index contributed by atoms with van der Waals surface area (Å²) in [5.74, 6) is 0. The van der Waals surface area contributed by atoms with Gasteiger partial charge in [0.15, 0.2) is 0 Å². The predicted octanol–water partition coefficient (Wildman–Crippen LogP) is 6.55. The highest BCUT2D eigenvalue weighted by Gasteiger charge is 2.37. The molecule has 0 saturated carbocycles. The summed E-state index contributed by atoms with van der Waals surface area (Å²) in [6, 6.07) is 29.9. The summed E-state index contributed by atoms with van der Waals surface area (Å²) in [5.41, 5.74) is 8.56. The molecule has 0 amide bonds. The molecule has 134 valence electrons. The third-order valence-electron chi connectivity index (χ3n) is 5.68. The molecule has 0 aliphatic carbocycles. The monoisotopic (exact) mass is 380 g/mol. The number of rotatable bonds is 1. The zero-order valence-electron chi connectivity index (χ0n) is 15.1. The quantitative estimate of drug-likeness (QED) is 0.363. The molecule has 0 fully saturated rings. The van der Waals surface area contributed by atoms with Gasteiger partial charge in [-0.3, -0.25) is 0 Å². The van der Waals surface area contributed by atoms with E-state index in [1.165, 1.54) is 33.9 Å². The second kappa shape index (κ2) is 5.88. The van der Waals surface area contributed by atoms with Gasteiger partial charge in [0.25, 0.3) is 0 Å². The van der Waals surface area contributed by atoms with Crippen molar-refractivity contribution < 1.29 is 0 Å². The van der Waals surface area contributed by atoms with E-state index in [-0.39, 0.29) is 6.04 Å². The van der Waals surface area contributed by atoms with Gasteiger partial charge in [0, 0.05) is 11.2 Å². The van der Waals surface area contributed by atoms with E-state index in [1.54, 1.807) is 0 Å². The molecule has 2 nitrogen and oxygen atoms in total. The van der Waals surface area contributed by atoms with Crippen molar-refractivity contribution in [3.05, 3.63) is 119 Å². The fraction of sp³-hybridized carbons (Fsp3) is 0.0400. The van der Waals surface area contributed by atoms with Crippen LogP contribution in [0.1, 0.15) is 28.4 Å². The Hall–Kier alpha value is -3.23. The highest BCUT2D eigenvalue weighted by Crippen LogP contribution is 2.50. The van der Waals surface area contributed by atoms with Gasteiger partial charge in [-0.25, -0.2) is 0 Å². The lowest BCUT2D eigenvalue weighted by Crippen LogP contribution is -2.36. The first-order valence-corrected chi connectivity index (χ1v) is 9.81. The Bertz CT molecular complexity index is 1250. The van der Waals surface area contributed by atoms with Crippen molar-refractivity contribution >= 4 is 29.1 Å². The van der Waals surface area contributed by atoms with Gasteiger partial charge in [0.05, 0.1) is 22.8 Å². The van der Waals surface area contributed by atoms with Crippen LogP contribution < -0.4 is 4.90 Å². The van der Waals surface area contributed by atoms with E-state index < -0.39 is 0 Å². The van der Waals surface area contributed by atoms with Crippen molar-refractivity contribution in [2.45, 2.75) is 6.04 Å². The molecule has 1 aromatic heterocycles. The number of benzene rings is 3. The number of para-hydroxylation sites is 2. The van der Waals surface area contributed by atoms with Crippen LogP contribution in [-0.2, 0) is 0 Å². The summed E-state index contributed by atoms with van der Waals surface area (Å²) in [6.45, 7) is 0. The number of nitrogens with zero attached hydrogens (tertiary/aromatic N) is 2. The predicted molar refractivity (Wildman–Crippen MR) is 116 cm³/mol. The van der Waals surface area contributed by atoms with Gasteiger partial charge in [-0.2, -0.15) is 0 Å². The number of hydrogen-bond donors (Lipinski definition) is 0. The van der Waals surface area contributed by atoms with Crippen molar-refractivity contribution in [1.82, 2.24) is 4.57 Å². The maximum absolute atomic E-state index is 6.35. The van der Waals surface area contributed by atoms with Gasteiger partial charge >= 0.3 is 0 Å². The van der Waals surface area contributed by atoms with Crippen molar-refractivity contribution in [2.75, 3.05) is 4.90 Å². The van der Waals surface area contributed by atoms with Crippen LogP contribution >= 0.6 is 11.6 Å². The third kappa shape index (κ3) is 2.15. The Morgan fingerprint density at radius 3 is 2.46 bits per heavy atom. The highest BCUT2D eigenvalue weighted by atomic mass is 35.5. The fourth-order valence-corrected chi connectivity index (χ4v) is 4.72. The average molecular weight is 381 g/mol. The van der Waals surface area contributed by atoms with E-state index in [2.05, 4.69) is 94.5 Å². The largest absolute Gasteiger partial charge is 0.326 e. The lowest BCUT2D eigenvalue weighted by Gasteiger charge is -2.44. The number of hydrogen-bond acceptors (Lipinski definition) is 1. The molecule has 3 aromatic carbocycles. The molecule has 4 aromatic rings. The van der Waals surface area contributed by atoms with Gasteiger partial charge in [0.2, 0.25) is 0 Å². The van der Waals surface area contributed by atoms with Gasteiger partial charge in [-0.1, -0.05) is 60.1 Å². The van der Waals surface area contributed by atoms with E-state index in [4.69, 9.17) is 11.6 Å². The number of fused-ring (bicyclic) bond motifs is 8. The van der Waals surface area contributed by atoms with Crippen LogP contribution in [0.4, 0.5) is 5.69 Å². The minimum atomic E-state index is 0.125. The molecule has 2 aliphatic heterocycles. The molecule has 2 aliphatic rings. The van der Waals surface area contributed by atoms with Gasteiger partial charge in [-0.15, -0.1) is 0 Å². The molecule has 0 bridgehead atoms. The second-order valence-electron chi connectivity index (χ2n) is 7.23. The average Bonchev–Trinajstić information content (AvgIpc) is 3.23. The van der Waals surface area contributed by atoms with Gasteiger partial charge < -0.3 is 9.47 Å². The van der Waals surface area contributed by atoms with Gasteiger partial charge in [0.1, 0.15) is 6.04 Å². The van der Waals surface area contributed by atoms with Crippen molar-refractivity contribution in [2.24, 2.45) is 0 Å². The lowest BCUT2D eigenvalue weighted by atomic mass is 9.88. The molecule has 6 rings (SSSR count). The summed E-state index contributed by atoms with van der Waals surface area (Å²) in [4.78, 5) is 2.46. The molecule has 0 radical (unpaired) electrons. The number of halogens is 1. The van der Waals surface area contributed by atoms with Crippen LogP contribution in [-0.4, -0.2) is 4.57 Å².